The SMILES string of the molecule is CCCCN(C/C=C/CO)CCCC. The maximum atomic E-state index is 8.63. The predicted molar refractivity (Wildman–Crippen MR) is 62.5 cm³/mol. The minimum absolute atomic E-state index is 0.162. The second-order valence-electron chi connectivity index (χ2n) is 3.66. The smallest absolute Gasteiger partial charge is 0.0612 e. The fraction of sp³-hybridized carbons (Fsp3) is 0.833. The van der Waals surface area contributed by atoms with Crippen molar-refractivity contribution in [3.8, 4) is 0 Å². The summed E-state index contributed by atoms with van der Waals surface area (Å²) in [6.45, 7) is 7.97. The van der Waals surface area contributed by atoms with E-state index in [-0.39, 0.29) is 6.61 Å². The molecular formula is C12H25NO. The molecule has 0 unspecified atom stereocenters. The van der Waals surface area contributed by atoms with Crippen molar-refractivity contribution < 1.29 is 5.11 Å². The highest BCUT2D eigenvalue weighted by molar-refractivity contribution is 4.84. The molecule has 0 amide bonds. The molecule has 0 atom stereocenters. The molecule has 0 aliphatic carbocycles. The van der Waals surface area contributed by atoms with E-state index in [1.165, 1.54) is 38.8 Å². The average molecular weight is 199 g/mol. The van der Waals surface area contributed by atoms with E-state index in [9.17, 15) is 0 Å². The number of hydrogen-bond donors (Lipinski definition) is 1. The van der Waals surface area contributed by atoms with Crippen LogP contribution in [0, 0.1) is 0 Å². The van der Waals surface area contributed by atoms with Crippen LogP contribution >= 0.6 is 0 Å². The maximum Gasteiger partial charge on any atom is 0.0612 e. The van der Waals surface area contributed by atoms with Gasteiger partial charge in [0.15, 0.2) is 0 Å². The van der Waals surface area contributed by atoms with E-state index in [0.717, 1.165) is 6.54 Å². The highest BCUT2D eigenvalue weighted by Gasteiger charge is 2.00. The summed E-state index contributed by atoms with van der Waals surface area (Å²) in [5.41, 5.74) is 0. The lowest BCUT2D eigenvalue weighted by atomic mass is 10.2. The van der Waals surface area contributed by atoms with Gasteiger partial charge in [-0.15, -0.1) is 0 Å². The summed E-state index contributed by atoms with van der Waals surface area (Å²) in [5.74, 6) is 0. The Balaban J connectivity index is 3.65. The minimum atomic E-state index is 0.162. The molecule has 0 rings (SSSR count). The van der Waals surface area contributed by atoms with E-state index < -0.39 is 0 Å². The summed E-state index contributed by atoms with van der Waals surface area (Å²) < 4.78 is 0. The Morgan fingerprint density at radius 1 is 1.00 bits per heavy atom. The van der Waals surface area contributed by atoms with Crippen molar-refractivity contribution in [1.29, 1.82) is 0 Å². The van der Waals surface area contributed by atoms with Crippen LogP contribution in [0.1, 0.15) is 39.5 Å². The number of aliphatic hydroxyl groups is 1. The molecule has 0 aromatic carbocycles. The van der Waals surface area contributed by atoms with Crippen molar-refractivity contribution >= 4 is 0 Å². The topological polar surface area (TPSA) is 23.5 Å². The molecule has 0 aliphatic heterocycles. The van der Waals surface area contributed by atoms with Gasteiger partial charge in [-0.2, -0.15) is 0 Å². The first-order chi connectivity index (χ1) is 6.85. The van der Waals surface area contributed by atoms with E-state index in [1.807, 2.05) is 6.08 Å². The van der Waals surface area contributed by atoms with Gasteiger partial charge in [0.1, 0.15) is 0 Å². The summed E-state index contributed by atoms with van der Waals surface area (Å²) in [6.07, 6.45) is 8.95. The molecule has 2 heteroatoms. The fourth-order valence-corrected chi connectivity index (χ4v) is 1.36. The lowest BCUT2D eigenvalue weighted by molar-refractivity contribution is 0.290. The molecule has 0 saturated carbocycles. The average Bonchev–Trinajstić information content (AvgIpc) is 2.21. The van der Waals surface area contributed by atoms with Gasteiger partial charge < -0.3 is 5.11 Å². The molecule has 84 valence electrons. The molecule has 0 aromatic rings. The van der Waals surface area contributed by atoms with Crippen molar-refractivity contribution in [2.24, 2.45) is 0 Å². The van der Waals surface area contributed by atoms with Crippen molar-refractivity contribution in [3.63, 3.8) is 0 Å². The Morgan fingerprint density at radius 2 is 1.57 bits per heavy atom. The molecule has 0 bridgehead atoms. The zero-order chi connectivity index (χ0) is 10.6. The number of unbranched alkanes of at least 4 members (excludes halogenated alkanes) is 2. The van der Waals surface area contributed by atoms with Crippen LogP contribution in [0.4, 0.5) is 0 Å². The highest BCUT2D eigenvalue weighted by atomic mass is 16.2. The van der Waals surface area contributed by atoms with Crippen LogP contribution in [-0.2, 0) is 0 Å². The summed E-state index contributed by atoms with van der Waals surface area (Å²) >= 11 is 0. The Bertz CT molecular complexity index is 126. The van der Waals surface area contributed by atoms with Gasteiger partial charge in [0, 0.05) is 6.54 Å². The van der Waals surface area contributed by atoms with Crippen LogP contribution in [0.5, 0.6) is 0 Å². The molecule has 1 N–H and O–H groups in total. The number of nitrogens with zero attached hydrogens (tertiary/aromatic N) is 1. The van der Waals surface area contributed by atoms with Gasteiger partial charge >= 0.3 is 0 Å². The first kappa shape index (κ1) is 13.7. The standard InChI is InChI=1S/C12H25NO/c1-3-5-9-13(10-6-4-2)11-7-8-12-14/h7-8,14H,3-6,9-12H2,1-2H3/b8-7+. The van der Waals surface area contributed by atoms with Gasteiger partial charge in [-0.1, -0.05) is 38.8 Å². The predicted octanol–water partition coefficient (Wildman–Crippen LogP) is 2.44. The zero-order valence-electron chi connectivity index (χ0n) is 9.71. The van der Waals surface area contributed by atoms with Gasteiger partial charge in [0.2, 0.25) is 0 Å². The number of aliphatic hydroxyl groups excluding tert-OH is 1. The third kappa shape index (κ3) is 8.27. The van der Waals surface area contributed by atoms with Crippen molar-refractivity contribution in [2.45, 2.75) is 39.5 Å². The van der Waals surface area contributed by atoms with Gasteiger partial charge in [-0.05, 0) is 25.9 Å². The van der Waals surface area contributed by atoms with E-state index in [0.29, 0.717) is 0 Å². The van der Waals surface area contributed by atoms with Gasteiger partial charge in [-0.3, -0.25) is 4.90 Å². The van der Waals surface area contributed by atoms with E-state index in [2.05, 4.69) is 24.8 Å². The lowest BCUT2D eigenvalue weighted by Crippen LogP contribution is -2.26. The van der Waals surface area contributed by atoms with Crippen LogP contribution < -0.4 is 0 Å². The Labute approximate surface area is 88.6 Å². The Hall–Kier alpha value is -0.340. The molecule has 0 spiro atoms. The zero-order valence-corrected chi connectivity index (χ0v) is 9.71. The van der Waals surface area contributed by atoms with Crippen molar-refractivity contribution in [1.82, 2.24) is 4.90 Å². The van der Waals surface area contributed by atoms with Gasteiger partial charge in [-0.25, -0.2) is 0 Å². The molecule has 2 nitrogen and oxygen atoms in total. The molecule has 0 saturated heterocycles. The first-order valence-electron chi connectivity index (χ1n) is 5.83. The number of rotatable bonds is 9. The largest absolute Gasteiger partial charge is 0.392 e. The molecule has 0 fully saturated rings. The summed E-state index contributed by atoms with van der Waals surface area (Å²) in [7, 11) is 0. The quantitative estimate of drug-likeness (QED) is 0.577. The minimum Gasteiger partial charge on any atom is -0.392 e. The van der Waals surface area contributed by atoms with Crippen molar-refractivity contribution in [3.05, 3.63) is 12.2 Å². The Morgan fingerprint density at radius 3 is 2.00 bits per heavy atom. The van der Waals surface area contributed by atoms with Crippen LogP contribution in [-0.4, -0.2) is 36.2 Å². The molecule has 0 heterocycles. The van der Waals surface area contributed by atoms with Gasteiger partial charge in [0.25, 0.3) is 0 Å². The number of hydrogen-bond acceptors (Lipinski definition) is 2. The van der Waals surface area contributed by atoms with Crippen molar-refractivity contribution in [2.75, 3.05) is 26.2 Å². The molecule has 14 heavy (non-hydrogen) atoms. The van der Waals surface area contributed by atoms with E-state index >= 15 is 0 Å². The van der Waals surface area contributed by atoms with Crippen LogP contribution in [0.15, 0.2) is 12.2 Å². The normalized spacial score (nSPS) is 11.7. The van der Waals surface area contributed by atoms with Gasteiger partial charge in [0.05, 0.1) is 6.61 Å². The van der Waals surface area contributed by atoms with Crippen LogP contribution in [0.25, 0.3) is 0 Å². The van der Waals surface area contributed by atoms with E-state index in [4.69, 9.17) is 5.11 Å². The molecular weight excluding hydrogens is 174 g/mol. The summed E-state index contributed by atoms with van der Waals surface area (Å²) in [5, 5.41) is 8.63. The molecule has 0 radical (unpaired) electrons. The summed E-state index contributed by atoms with van der Waals surface area (Å²) in [4.78, 5) is 2.46. The fourth-order valence-electron chi connectivity index (χ4n) is 1.36. The third-order valence-corrected chi connectivity index (χ3v) is 2.29. The first-order valence-corrected chi connectivity index (χ1v) is 5.83. The Kier molecular flexibility index (Phi) is 10.5. The lowest BCUT2D eigenvalue weighted by Gasteiger charge is -2.19. The monoisotopic (exact) mass is 199 g/mol. The molecule has 0 aliphatic rings. The third-order valence-electron chi connectivity index (χ3n) is 2.29. The second-order valence-corrected chi connectivity index (χ2v) is 3.66. The second kappa shape index (κ2) is 10.7. The maximum absolute atomic E-state index is 8.63. The highest BCUT2D eigenvalue weighted by Crippen LogP contribution is 1.99. The van der Waals surface area contributed by atoms with Crippen LogP contribution in [0.3, 0.4) is 0 Å². The molecule has 0 aromatic heterocycles. The van der Waals surface area contributed by atoms with Crippen LogP contribution in [0.2, 0.25) is 0 Å². The van der Waals surface area contributed by atoms with E-state index in [1.54, 1.807) is 0 Å². The summed E-state index contributed by atoms with van der Waals surface area (Å²) in [6, 6.07) is 0.